The van der Waals surface area contributed by atoms with Crippen molar-refractivity contribution in [3.8, 4) is 16.9 Å². The summed E-state index contributed by atoms with van der Waals surface area (Å²) in [5.74, 6) is -1.07. The lowest BCUT2D eigenvalue weighted by Gasteiger charge is -2.39. The predicted molar refractivity (Wildman–Crippen MR) is 145 cm³/mol. The van der Waals surface area contributed by atoms with Crippen molar-refractivity contribution < 1.29 is 28.2 Å². The van der Waals surface area contributed by atoms with Crippen molar-refractivity contribution >= 4 is 11.9 Å². The van der Waals surface area contributed by atoms with Crippen LogP contribution in [0.4, 0.5) is 8.78 Å². The summed E-state index contributed by atoms with van der Waals surface area (Å²) in [6.45, 7) is 4.59. The van der Waals surface area contributed by atoms with Gasteiger partial charge in [0.2, 0.25) is 5.67 Å². The smallest absolute Gasteiger partial charge is 0.307 e. The first kappa shape index (κ1) is 27.6. The number of nitrogens with one attached hydrogen (secondary N) is 2. The largest absolute Gasteiger partial charge is 0.490 e. The van der Waals surface area contributed by atoms with Gasteiger partial charge >= 0.3 is 5.97 Å². The molecule has 5 rings (SSSR count). The first-order chi connectivity index (χ1) is 18.5. The Bertz CT molecular complexity index is 1250. The minimum Gasteiger partial charge on any atom is -0.490 e. The van der Waals surface area contributed by atoms with Crippen LogP contribution in [0.15, 0.2) is 36.4 Å². The Morgan fingerprint density at radius 1 is 1.10 bits per heavy atom. The number of alkyl halides is 1. The third-order valence-corrected chi connectivity index (χ3v) is 8.44. The standard InChI is InChI=1S/C31H38F2N2O4/c1-30(2)16-31(33,18-34-17-30)29(38)35-21-10-11-22(15-21)39-26-12-9-19(14-27(36)37)13-24(26)23-7-4-8-25(32)28(23)20-5-3-6-20/h4,7-9,12-13,20-22,34H,3,5-6,10-11,14-18H2,1-2H3,(H,35,38)(H,36,37)/t21-,22-,31+/m1/s1. The van der Waals surface area contributed by atoms with E-state index >= 15 is 8.78 Å². The van der Waals surface area contributed by atoms with E-state index in [2.05, 4.69) is 10.6 Å². The van der Waals surface area contributed by atoms with E-state index in [-0.39, 0.29) is 48.7 Å². The Morgan fingerprint density at radius 2 is 1.90 bits per heavy atom. The van der Waals surface area contributed by atoms with Crippen LogP contribution in [0, 0.1) is 11.2 Å². The molecule has 0 spiro atoms. The second kappa shape index (κ2) is 10.9. The molecule has 1 heterocycles. The van der Waals surface area contributed by atoms with E-state index in [0.29, 0.717) is 48.2 Å². The van der Waals surface area contributed by atoms with E-state index in [1.807, 2.05) is 19.9 Å². The fourth-order valence-corrected chi connectivity index (χ4v) is 6.37. The molecule has 2 saturated carbocycles. The predicted octanol–water partition coefficient (Wildman–Crippen LogP) is 5.53. The van der Waals surface area contributed by atoms with Crippen molar-refractivity contribution in [2.24, 2.45) is 5.41 Å². The summed E-state index contributed by atoms with van der Waals surface area (Å²) >= 11 is 0. The molecule has 1 amide bonds. The minimum atomic E-state index is -1.94. The van der Waals surface area contributed by atoms with Gasteiger partial charge in [0.1, 0.15) is 17.7 Å². The van der Waals surface area contributed by atoms with Crippen molar-refractivity contribution in [3.63, 3.8) is 0 Å². The Labute approximate surface area is 228 Å². The highest BCUT2D eigenvalue weighted by atomic mass is 19.1. The van der Waals surface area contributed by atoms with Gasteiger partial charge in [-0.2, -0.15) is 0 Å². The monoisotopic (exact) mass is 540 g/mol. The summed E-state index contributed by atoms with van der Waals surface area (Å²) < 4.78 is 37.0. The molecule has 2 aliphatic carbocycles. The van der Waals surface area contributed by atoms with Crippen LogP contribution in [0.1, 0.15) is 75.8 Å². The van der Waals surface area contributed by atoms with Crippen molar-refractivity contribution in [2.75, 3.05) is 13.1 Å². The Morgan fingerprint density at radius 3 is 2.59 bits per heavy atom. The molecule has 39 heavy (non-hydrogen) atoms. The number of carboxylic acid groups (broad SMARTS) is 1. The van der Waals surface area contributed by atoms with Crippen molar-refractivity contribution in [3.05, 3.63) is 53.3 Å². The molecule has 210 valence electrons. The lowest BCUT2D eigenvalue weighted by molar-refractivity contribution is -0.137. The first-order valence-corrected chi connectivity index (χ1v) is 14.0. The normalized spacial score (nSPS) is 26.6. The number of halogens is 2. The van der Waals surface area contributed by atoms with Gasteiger partial charge in [-0.05, 0) is 78.3 Å². The van der Waals surface area contributed by atoms with Gasteiger partial charge in [0, 0.05) is 31.1 Å². The van der Waals surface area contributed by atoms with Gasteiger partial charge in [0.05, 0.1) is 6.42 Å². The number of hydrogen-bond donors (Lipinski definition) is 3. The zero-order valence-corrected chi connectivity index (χ0v) is 22.7. The van der Waals surface area contributed by atoms with Crippen molar-refractivity contribution in [2.45, 2.75) is 88.9 Å². The van der Waals surface area contributed by atoms with E-state index in [1.165, 1.54) is 6.07 Å². The Balaban J connectivity index is 1.34. The molecule has 3 aliphatic rings. The molecule has 0 aromatic heterocycles. The quantitative estimate of drug-likeness (QED) is 0.410. The third-order valence-electron chi connectivity index (χ3n) is 8.44. The highest BCUT2D eigenvalue weighted by Crippen LogP contribution is 2.45. The van der Waals surface area contributed by atoms with E-state index in [9.17, 15) is 14.7 Å². The van der Waals surface area contributed by atoms with E-state index in [0.717, 1.165) is 24.8 Å². The summed E-state index contributed by atoms with van der Waals surface area (Å²) in [6, 6.07) is 10.1. The number of benzene rings is 2. The second-order valence-corrected chi connectivity index (χ2v) is 12.4. The maximum Gasteiger partial charge on any atom is 0.307 e. The zero-order valence-electron chi connectivity index (χ0n) is 22.7. The molecular formula is C31H38F2N2O4. The van der Waals surface area contributed by atoms with Crippen LogP contribution in [0.2, 0.25) is 0 Å². The van der Waals surface area contributed by atoms with Gasteiger partial charge < -0.3 is 20.5 Å². The van der Waals surface area contributed by atoms with Gasteiger partial charge in [0.15, 0.2) is 0 Å². The fourth-order valence-electron chi connectivity index (χ4n) is 6.37. The van der Waals surface area contributed by atoms with Crippen LogP contribution in [0.25, 0.3) is 11.1 Å². The van der Waals surface area contributed by atoms with Gasteiger partial charge in [-0.25, -0.2) is 8.78 Å². The van der Waals surface area contributed by atoms with Gasteiger partial charge in [0.25, 0.3) is 5.91 Å². The number of piperidine rings is 1. The van der Waals surface area contributed by atoms with E-state index < -0.39 is 17.5 Å². The number of aliphatic carboxylic acids is 1. The van der Waals surface area contributed by atoms with Crippen molar-refractivity contribution in [1.82, 2.24) is 10.6 Å². The number of ether oxygens (including phenoxy) is 1. The number of carbonyl (C=O) groups is 2. The highest BCUT2D eigenvalue weighted by Gasteiger charge is 2.47. The van der Waals surface area contributed by atoms with Crippen LogP contribution in [-0.2, 0) is 16.0 Å². The van der Waals surface area contributed by atoms with Gasteiger partial charge in [-0.3, -0.25) is 9.59 Å². The Hall–Kier alpha value is -3.00. The number of carbonyl (C=O) groups excluding carboxylic acids is 1. The first-order valence-electron chi connectivity index (χ1n) is 14.0. The average Bonchev–Trinajstić information content (AvgIpc) is 3.26. The summed E-state index contributed by atoms with van der Waals surface area (Å²) in [5.41, 5.74) is 0.447. The highest BCUT2D eigenvalue weighted by molar-refractivity contribution is 5.86. The maximum atomic E-state index is 15.5. The molecular weight excluding hydrogens is 502 g/mol. The van der Waals surface area contributed by atoms with E-state index in [4.69, 9.17) is 4.74 Å². The molecule has 0 bridgehead atoms. The van der Waals surface area contributed by atoms with Crippen LogP contribution in [0.5, 0.6) is 5.75 Å². The SMILES string of the molecule is CC1(C)CNC[C@](F)(C(=O)N[C@@H]2CC[C@@H](Oc3ccc(CC(=O)O)cc3-c3cccc(F)c3C3CCC3)C2)C1. The summed E-state index contributed by atoms with van der Waals surface area (Å²) in [6.07, 6.45) is 4.61. The lowest BCUT2D eigenvalue weighted by atomic mass is 9.76. The lowest BCUT2D eigenvalue weighted by Crippen LogP contribution is -2.59. The molecule has 3 fully saturated rings. The maximum absolute atomic E-state index is 15.5. The number of carboxylic acids is 1. The molecule has 3 N–H and O–H groups in total. The van der Waals surface area contributed by atoms with Crippen LogP contribution in [-0.4, -0.2) is 47.9 Å². The molecule has 0 unspecified atom stereocenters. The zero-order chi connectivity index (χ0) is 27.8. The molecule has 2 aromatic carbocycles. The second-order valence-electron chi connectivity index (χ2n) is 12.4. The molecule has 0 radical (unpaired) electrons. The summed E-state index contributed by atoms with van der Waals surface area (Å²) in [7, 11) is 0. The van der Waals surface area contributed by atoms with E-state index in [1.54, 1.807) is 24.3 Å². The summed E-state index contributed by atoms with van der Waals surface area (Å²) in [5, 5.41) is 15.3. The molecule has 6 nitrogen and oxygen atoms in total. The van der Waals surface area contributed by atoms with Crippen LogP contribution < -0.4 is 15.4 Å². The third kappa shape index (κ3) is 6.11. The van der Waals surface area contributed by atoms with Gasteiger partial charge in [-0.15, -0.1) is 0 Å². The minimum absolute atomic E-state index is 0.0118. The molecule has 8 heteroatoms. The summed E-state index contributed by atoms with van der Waals surface area (Å²) in [4.78, 5) is 24.3. The van der Waals surface area contributed by atoms with Gasteiger partial charge in [-0.1, -0.05) is 38.5 Å². The molecule has 1 aliphatic heterocycles. The Kier molecular flexibility index (Phi) is 7.68. The van der Waals surface area contributed by atoms with Crippen LogP contribution >= 0.6 is 0 Å². The van der Waals surface area contributed by atoms with Crippen LogP contribution in [0.3, 0.4) is 0 Å². The number of rotatable bonds is 8. The molecule has 3 atom stereocenters. The fraction of sp³-hybridized carbons (Fsp3) is 0.548. The average molecular weight is 541 g/mol. The molecule has 1 saturated heterocycles. The van der Waals surface area contributed by atoms with Crippen molar-refractivity contribution in [1.29, 1.82) is 0 Å². The number of amides is 1. The topological polar surface area (TPSA) is 87.7 Å². The number of hydrogen-bond acceptors (Lipinski definition) is 4. The molecule has 2 aromatic rings.